The minimum absolute atomic E-state index is 0.0982. The Morgan fingerprint density at radius 2 is 2.24 bits per heavy atom. The maximum Gasteiger partial charge on any atom is 0.237 e. The van der Waals surface area contributed by atoms with Gasteiger partial charge < -0.3 is 20.2 Å². The Morgan fingerprint density at radius 3 is 2.90 bits per heavy atom. The second-order valence-corrected chi connectivity index (χ2v) is 5.67. The zero-order valence-electron chi connectivity index (χ0n) is 12.2. The number of carbonyl (C=O) groups is 1. The minimum atomic E-state index is -0.441. The van der Waals surface area contributed by atoms with Crippen molar-refractivity contribution in [3.05, 3.63) is 35.6 Å². The Morgan fingerprint density at radius 1 is 1.48 bits per heavy atom. The molecule has 1 amide bonds. The average Bonchev–Trinajstić information content (AvgIpc) is 3.04. The first-order valence-electron chi connectivity index (χ1n) is 7.26. The Kier molecular flexibility index (Phi) is 3.69. The molecule has 1 aromatic heterocycles. The third kappa shape index (κ3) is 2.66. The van der Waals surface area contributed by atoms with Crippen molar-refractivity contribution in [2.24, 2.45) is 0 Å². The van der Waals surface area contributed by atoms with E-state index in [1.165, 1.54) is 0 Å². The molecule has 3 rings (SSSR count). The van der Waals surface area contributed by atoms with E-state index in [-0.39, 0.29) is 18.0 Å². The van der Waals surface area contributed by atoms with Crippen LogP contribution >= 0.6 is 0 Å². The molecule has 5 nitrogen and oxygen atoms in total. The highest BCUT2D eigenvalue weighted by Gasteiger charge is 2.29. The van der Waals surface area contributed by atoms with Crippen molar-refractivity contribution >= 4 is 16.9 Å². The Balaban J connectivity index is 1.76. The van der Waals surface area contributed by atoms with Gasteiger partial charge in [-0.05, 0) is 26.3 Å². The SMILES string of the molecule is Cc1c([C@H](C)NC(=O)[C@@H]2C[C@@H](O)CN2)oc2ccccc12. The fourth-order valence-electron chi connectivity index (χ4n) is 2.90. The van der Waals surface area contributed by atoms with Gasteiger partial charge in [0.15, 0.2) is 0 Å². The highest BCUT2D eigenvalue weighted by molar-refractivity contribution is 5.84. The summed E-state index contributed by atoms with van der Waals surface area (Å²) in [4.78, 5) is 12.2. The van der Waals surface area contributed by atoms with Gasteiger partial charge in [0.25, 0.3) is 0 Å². The van der Waals surface area contributed by atoms with Gasteiger partial charge in [-0.25, -0.2) is 0 Å². The Bertz CT molecular complexity index is 665. The smallest absolute Gasteiger partial charge is 0.237 e. The van der Waals surface area contributed by atoms with Gasteiger partial charge in [-0.2, -0.15) is 0 Å². The predicted octanol–water partition coefficient (Wildman–Crippen LogP) is 1.64. The van der Waals surface area contributed by atoms with E-state index in [0.29, 0.717) is 13.0 Å². The fraction of sp³-hybridized carbons (Fsp3) is 0.438. The third-order valence-corrected chi connectivity index (χ3v) is 4.06. The predicted molar refractivity (Wildman–Crippen MR) is 79.9 cm³/mol. The number of carbonyl (C=O) groups excluding carboxylic acids is 1. The summed E-state index contributed by atoms with van der Waals surface area (Å²) >= 11 is 0. The maximum absolute atomic E-state index is 12.2. The van der Waals surface area contributed by atoms with Crippen LogP contribution in [-0.2, 0) is 4.79 Å². The fourth-order valence-corrected chi connectivity index (χ4v) is 2.90. The van der Waals surface area contributed by atoms with Crippen LogP contribution < -0.4 is 10.6 Å². The standard InChI is InChI=1S/C16H20N2O3/c1-9-12-5-3-4-6-14(12)21-15(9)10(2)18-16(20)13-7-11(19)8-17-13/h3-6,10-11,13,17,19H,7-8H2,1-2H3,(H,18,20)/t10-,11+,13-/m0/s1. The summed E-state index contributed by atoms with van der Waals surface area (Å²) in [7, 11) is 0. The molecule has 0 aliphatic carbocycles. The molecule has 1 aliphatic rings. The molecular formula is C16H20N2O3. The molecule has 2 aromatic rings. The molecule has 1 saturated heterocycles. The second kappa shape index (κ2) is 5.50. The summed E-state index contributed by atoms with van der Waals surface area (Å²) in [6.07, 6.45) is 0.0153. The number of aryl methyl sites for hydroxylation is 1. The number of β-amino-alcohol motifs (C(OH)–C–C–N with tert-alkyl or cyclic N) is 1. The van der Waals surface area contributed by atoms with Crippen LogP contribution in [-0.4, -0.2) is 29.7 Å². The number of furan rings is 1. The quantitative estimate of drug-likeness (QED) is 0.802. The molecule has 3 N–H and O–H groups in total. The van der Waals surface area contributed by atoms with E-state index in [1.54, 1.807) is 0 Å². The van der Waals surface area contributed by atoms with Crippen molar-refractivity contribution in [2.75, 3.05) is 6.54 Å². The monoisotopic (exact) mass is 288 g/mol. The van der Waals surface area contributed by atoms with Gasteiger partial charge in [0.05, 0.1) is 18.2 Å². The number of amides is 1. The summed E-state index contributed by atoms with van der Waals surface area (Å²) in [5, 5.41) is 16.5. The summed E-state index contributed by atoms with van der Waals surface area (Å²) in [6, 6.07) is 7.32. The van der Waals surface area contributed by atoms with Crippen LogP contribution in [0.2, 0.25) is 0 Å². The zero-order valence-corrected chi connectivity index (χ0v) is 12.2. The number of rotatable bonds is 3. The first kappa shape index (κ1) is 14.1. The van der Waals surface area contributed by atoms with Crippen LogP contribution in [0.25, 0.3) is 11.0 Å². The van der Waals surface area contributed by atoms with Crippen molar-refractivity contribution in [3.8, 4) is 0 Å². The molecule has 0 unspecified atom stereocenters. The molecule has 112 valence electrons. The van der Waals surface area contributed by atoms with Crippen molar-refractivity contribution in [3.63, 3.8) is 0 Å². The van der Waals surface area contributed by atoms with Crippen molar-refractivity contribution in [1.29, 1.82) is 0 Å². The lowest BCUT2D eigenvalue weighted by Crippen LogP contribution is -2.41. The number of aliphatic hydroxyl groups excluding tert-OH is 1. The van der Waals surface area contributed by atoms with E-state index in [4.69, 9.17) is 4.42 Å². The van der Waals surface area contributed by atoms with Gasteiger partial charge in [0.2, 0.25) is 5.91 Å². The summed E-state index contributed by atoms with van der Waals surface area (Å²) in [6.45, 7) is 4.38. The van der Waals surface area contributed by atoms with Gasteiger partial charge >= 0.3 is 0 Å². The van der Waals surface area contributed by atoms with Crippen molar-refractivity contribution in [1.82, 2.24) is 10.6 Å². The number of fused-ring (bicyclic) bond motifs is 1. The van der Waals surface area contributed by atoms with Crippen molar-refractivity contribution < 1.29 is 14.3 Å². The van der Waals surface area contributed by atoms with Crippen LogP contribution in [0.1, 0.15) is 30.7 Å². The lowest BCUT2D eigenvalue weighted by atomic mass is 10.1. The van der Waals surface area contributed by atoms with Crippen LogP contribution in [0.4, 0.5) is 0 Å². The number of para-hydroxylation sites is 1. The minimum Gasteiger partial charge on any atom is -0.459 e. The Labute approximate surface area is 123 Å². The van der Waals surface area contributed by atoms with Crippen molar-refractivity contribution in [2.45, 2.75) is 38.5 Å². The van der Waals surface area contributed by atoms with E-state index >= 15 is 0 Å². The lowest BCUT2D eigenvalue weighted by Gasteiger charge is -2.16. The first-order valence-corrected chi connectivity index (χ1v) is 7.26. The molecular weight excluding hydrogens is 268 g/mol. The number of nitrogens with one attached hydrogen (secondary N) is 2. The topological polar surface area (TPSA) is 74.5 Å². The molecule has 0 radical (unpaired) electrons. The number of hydrogen-bond acceptors (Lipinski definition) is 4. The first-order chi connectivity index (χ1) is 10.1. The summed E-state index contributed by atoms with van der Waals surface area (Å²) in [5.41, 5.74) is 1.89. The van der Waals surface area contributed by atoms with Gasteiger partial charge in [-0.3, -0.25) is 4.79 Å². The third-order valence-electron chi connectivity index (χ3n) is 4.06. The molecule has 5 heteroatoms. The van der Waals surface area contributed by atoms with E-state index in [9.17, 15) is 9.90 Å². The summed E-state index contributed by atoms with van der Waals surface area (Å²) in [5.74, 6) is 0.682. The van der Waals surface area contributed by atoms with Crippen LogP contribution in [0.3, 0.4) is 0 Å². The normalized spacial score (nSPS) is 23.4. The van der Waals surface area contributed by atoms with E-state index in [2.05, 4.69) is 10.6 Å². The molecule has 2 heterocycles. The number of aliphatic hydroxyl groups is 1. The van der Waals surface area contributed by atoms with Crippen LogP contribution in [0, 0.1) is 6.92 Å². The van der Waals surface area contributed by atoms with Gasteiger partial charge in [-0.15, -0.1) is 0 Å². The molecule has 1 aliphatic heterocycles. The zero-order chi connectivity index (χ0) is 15.0. The molecule has 3 atom stereocenters. The molecule has 1 aromatic carbocycles. The second-order valence-electron chi connectivity index (χ2n) is 5.67. The highest BCUT2D eigenvalue weighted by Crippen LogP contribution is 2.29. The van der Waals surface area contributed by atoms with E-state index in [1.807, 2.05) is 38.1 Å². The molecule has 1 fully saturated rings. The molecule has 0 saturated carbocycles. The maximum atomic E-state index is 12.2. The molecule has 0 spiro atoms. The van der Waals surface area contributed by atoms with Gasteiger partial charge in [-0.1, -0.05) is 18.2 Å². The van der Waals surface area contributed by atoms with Crippen LogP contribution in [0.5, 0.6) is 0 Å². The summed E-state index contributed by atoms with van der Waals surface area (Å²) < 4.78 is 5.86. The van der Waals surface area contributed by atoms with Gasteiger partial charge in [0, 0.05) is 17.5 Å². The average molecular weight is 288 g/mol. The van der Waals surface area contributed by atoms with E-state index in [0.717, 1.165) is 22.3 Å². The largest absolute Gasteiger partial charge is 0.459 e. The number of hydrogen-bond donors (Lipinski definition) is 3. The highest BCUT2D eigenvalue weighted by atomic mass is 16.3. The molecule has 21 heavy (non-hydrogen) atoms. The molecule has 0 bridgehead atoms. The Hall–Kier alpha value is -1.85. The number of benzene rings is 1. The lowest BCUT2D eigenvalue weighted by molar-refractivity contribution is -0.123. The van der Waals surface area contributed by atoms with Gasteiger partial charge in [0.1, 0.15) is 11.3 Å². The van der Waals surface area contributed by atoms with Crippen LogP contribution in [0.15, 0.2) is 28.7 Å². The van der Waals surface area contributed by atoms with E-state index < -0.39 is 6.10 Å².